The number of rotatable bonds is 1. The summed E-state index contributed by atoms with van der Waals surface area (Å²) in [6.45, 7) is 0.984. The van der Waals surface area contributed by atoms with Gasteiger partial charge in [0.25, 0.3) is 0 Å². The summed E-state index contributed by atoms with van der Waals surface area (Å²) in [6.07, 6.45) is 5.06. The van der Waals surface area contributed by atoms with Gasteiger partial charge in [0.2, 0.25) is 11.8 Å². The Morgan fingerprint density at radius 2 is 2.09 bits per heavy atom. The van der Waals surface area contributed by atoms with Crippen LogP contribution in [0.2, 0.25) is 0 Å². The van der Waals surface area contributed by atoms with E-state index < -0.39 is 0 Å². The molecule has 4 rings (SSSR count). The second-order valence-electron chi connectivity index (χ2n) is 7.09. The maximum Gasteiger partial charge on any atom is 0.231 e. The maximum absolute atomic E-state index is 14.5. The molecule has 2 fully saturated rings. The number of piperidine rings is 1. The summed E-state index contributed by atoms with van der Waals surface area (Å²) in [5.41, 5.74) is 1.29. The number of hydrogen-bond acceptors (Lipinski definition) is 2. The molecule has 1 saturated heterocycles. The molecule has 0 aromatic heterocycles. The predicted molar refractivity (Wildman–Crippen MR) is 84.6 cm³/mol. The molecular formula is C18H21FN2O2. The van der Waals surface area contributed by atoms with Gasteiger partial charge in [-0.2, -0.15) is 0 Å². The molecule has 3 aliphatic rings. The molecule has 122 valence electrons. The van der Waals surface area contributed by atoms with Crippen molar-refractivity contribution < 1.29 is 14.0 Å². The zero-order chi connectivity index (χ0) is 16.0. The Balaban J connectivity index is 1.67. The molecule has 1 aromatic rings. The van der Waals surface area contributed by atoms with Gasteiger partial charge < -0.3 is 10.2 Å². The number of carbonyl (C=O) groups is 2. The van der Waals surface area contributed by atoms with E-state index in [1.165, 1.54) is 6.07 Å². The van der Waals surface area contributed by atoms with Crippen molar-refractivity contribution in [2.75, 3.05) is 18.0 Å². The zero-order valence-electron chi connectivity index (χ0n) is 13.1. The van der Waals surface area contributed by atoms with Crippen LogP contribution in [0.4, 0.5) is 10.1 Å². The highest BCUT2D eigenvalue weighted by molar-refractivity contribution is 5.99. The fraction of sp³-hybridized carbons (Fsp3) is 0.556. The van der Waals surface area contributed by atoms with Crippen LogP contribution in [0.15, 0.2) is 18.2 Å². The van der Waals surface area contributed by atoms with Crippen molar-refractivity contribution in [3.05, 3.63) is 29.6 Å². The predicted octanol–water partition coefficient (Wildman–Crippen LogP) is 2.51. The van der Waals surface area contributed by atoms with Crippen molar-refractivity contribution in [3.8, 4) is 0 Å². The number of anilines is 1. The van der Waals surface area contributed by atoms with Gasteiger partial charge in [-0.05, 0) is 31.4 Å². The smallest absolute Gasteiger partial charge is 0.231 e. The van der Waals surface area contributed by atoms with Crippen LogP contribution in [-0.4, -0.2) is 24.9 Å². The molecule has 1 unspecified atom stereocenters. The van der Waals surface area contributed by atoms with Crippen molar-refractivity contribution in [3.63, 3.8) is 0 Å². The lowest BCUT2D eigenvalue weighted by Gasteiger charge is -2.29. The van der Waals surface area contributed by atoms with Crippen LogP contribution in [0.5, 0.6) is 0 Å². The molecule has 1 saturated carbocycles. The van der Waals surface area contributed by atoms with E-state index in [4.69, 9.17) is 0 Å². The summed E-state index contributed by atoms with van der Waals surface area (Å²) < 4.78 is 14.5. The molecule has 1 aromatic carbocycles. The molecule has 0 bridgehead atoms. The third kappa shape index (κ3) is 2.25. The number of nitrogens with one attached hydrogen (secondary N) is 1. The minimum Gasteiger partial charge on any atom is -0.355 e. The Morgan fingerprint density at radius 3 is 2.78 bits per heavy atom. The summed E-state index contributed by atoms with van der Waals surface area (Å²) in [5.74, 6) is -0.341. The maximum atomic E-state index is 14.5. The van der Waals surface area contributed by atoms with Crippen LogP contribution < -0.4 is 10.2 Å². The van der Waals surface area contributed by atoms with Gasteiger partial charge in [0.1, 0.15) is 5.82 Å². The van der Waals surface area contributed by atoms with E-state index in [-0.39, 0.29) is 29.0 Å². The van der Waals surface area contributed by atoms with Crippen molar-refractivity contribution >= 4 is 17.5 Å². The Morgan fingerprint density at radius 1 is 1.30 bits per heavy atom. The second-order valence-corrected chi connectivity index (χ2v) is 7.09. The summed E-state index contributed by atoms with van der Waals surface area (Å²) in [4.78, 5) is 26.1. The summed E-state index contributed by atoms with van der Waals surface area (Å²) in [6, 6.07) is 5.06. The van der Waals surface area contributed by atoms with Crippen molar-refractivity contribution in [2.24, 2.45) is 5.92 Å². The Kier molecular flexibility index (Phi) is 3.39. The minimum atomic E-state index is -0.200. The fourth-order valence-electron chi connectivity index (χ4n) is 4.55. The summed E-state index contributed by atoms with van der Waals surface area (Å²) in [7, 11) is 0. The SMILES string of the molecule is O=C1CCC(C(=O)N2CC3(CCCC3)c3c(F)cccc32)CN1. The Labute approximate surface area is 135 Å². The highest BCUT2D eigenvalue weighted by Gasteiger charge is 2.48. The molecule has 2 aliphatic heterocycles. The van der Waals surface area contributed by atoms with Crippen LogP contribution in [0, 0.1) is 11.7 Å². The Hall–Kier alpha value is -1.91. The molecule has 1 atom stereocenters. The molecule has 5 heteroatoms. The van der Waals surface area contributed by atoms with E-state index in [0.29, 0.717) is 25.9 Å². The lowest BCUT2D eigenvalue weighted by Crippen LogP contribution is -2.45. The molecular weight excluding hydrogens is 295 g/mol. The first-order valence-corrected chi connectivity index (χ1v) is 8.48. The van der Waals surface area contributed by atoms with Crippen LogP contribution >= 0.6 is 0 Å². The monoisotopic (exact) mass is 316 g/mol. The molecule has 23 heavy (non-hydrogen) atoms. The average Bonchev–Trinajstić information content (AvgIpc) is 3.14. The molecule has 1 spiro atoms. The van der Waals surface area contributed by atoms with E-state index in [0.717, 1.165) is 36.9 Å². The number of fused-ring (bicyclic) bond motifs is 2. The lowest BCUT2D eigenvalue weighted by atomic mass is 9.80. The van der Waals surface area contributed by atoms with Gasteiger partial charge in [-0.1, -0.05) is 18.9 Å². The quantitative estimate of drug-likeness (QED) is 0.865. The molecule has 1 N–H and O–H groups in total. The van der Waals surface area contributed by atoms with Gasteiger partial charge in [-0.15, -0.1) is 0 Å². The standard InChI is InChI=1S/C18H21FN2O2/c19-13-4-3-5-14-16(13)18(8-1-2-9-18)11-21(14)17(23)12-6-7-15(22)20-10-12/h3-5,12H,1-2,6-11H2,(H,20,22). The van der Waals surface area contributed by atoms with Crippen LogP contribution in [0.1, 0.15) is 44.1 Å². The van der Waals surface area contributed by atoms with Crippen LogP contribution in [0.25, 0.3) is 0 Å². The van der Waals surface area contributed by atoms with Gasteiger partial charge in [-0.25, -0.2) is 4.39 Å². The van der Waals surface area contributed by atoms with Gasteiger partial charge >= 0.3 is 0 Å². The molecule has 4 nitrogen and oxygen atoms in total. The average molecular weight is 316 g/mol. The number of hydrogen-bond donors (Lipinski definition) is 1. The number of benzene rings is 1. The number of amides is 2. The van der Waals surface area contributed by atoms with E-state index >= 15 is 0 Å². The van der Waals surface area contributed by atoms with Crippen LogP contribution in [0.3, 0.4) is 0 Å². The Bertz CT molecular complexity index is 657. The van der Waals surface area contributed by atoms with Crippen molar-refractivity contribution in [2.45, 2.75) is 43.9 Å². The number of nitrogens with zero attached hydrogens (tertiary/aromatic N) is 1. The van der Waals surface area contributed by atoms with Crippen molar-refractivity contribution in [1.29, 1.82) is 0 Å². The first kappa shape index (κ1) is 14.7. The van der Waals surface area contributed by atoms with Gasteiger partial charge in [0.05, 0.1) is 11.6 Å². The second kappa shape index (κ2) is 5.32. The van der Waals surface area contributed by atoms with Crippen LogP contribution in [-0.2, 0) is 15.0 Å². The molecule has 1 aliphatic carbocycles. The lowest BCUT2D eigenvalue weighted by molar-refractivity contribution is -0.127. The van der Waals surface area contributed by atoms with E-state index in [1.54, 1.807) is 11.0 Å². The summed E-state index contributed by atoms with van der Waals surface area (Å²) >= 11 is 0. The highest BCUT2D eigenvalue weighted by atomic mass is 19.1. The van der Waals surface area contributed by atoms with E-state index in [2.05, 4.69) is 5.32 Å². The fourth-order valence-corrected chi connectivity index (χ4v) is 4.55. The highest BCUT2D eigenvalue weighted by Crippen LogP contribution is 2.51. The van der Waals surface area contributed by atoms with Crippen molar-refractivity contribution in [1.82, 2.24) is 5.32 Å². The normalized spacial score (nSPS) is 25.5. The van der Waals surface area contributed by atoms with Gasteiger partial charge in [-0.3, -0.25) is 9.59 Å². The topological polar surface area (TPSA) is 49.4 Å². The largest absolute Gasteiger partial charge is 0.355 e. The first-order chi connectivity index (χ1) is 11.1. The van der Waals surface area contributed by atoms with Gasteiger partial charge in [0, 0.05) is 30.5 Å². The van der Waals surface area contributed by atoms with E-state index in [9.17, 15) is 14.0 Å². The minimum absolute atomic E-state index is 0.00850. The molecule has 2 amide bonds. The molecule has 0 radical (unpaired) electrons. The third-order valence-electron chi connectivity index (χ3n) is 5.71. The first-order valence-electron chi connectivity index (χ1n) is 8.48. The van der Waals surface area contributed by atoms with Gasteiger partial charge in [0.15, 0.2) is 0 Å². The van der Waals surface area contributed by atoms with E-state index in [1.807, 2.05) is 6.07 Å². The summed E-state index contributed by atoms with van der Waals surface area (Å²) in [5, 5.41) is 2.77. The number of carbonyl (C=O) groups excluding carboxylic acids is 2. The molecule has 2 heterocycles. The zero-order valence-corrected chi connectivity index (χ0v) is 13.1. The number of halogens is 1. The third-order valence-corrected chi connectivity index (χ3v) is 5.71.